The van der Waals surface area contributed by atoms with Crippen molar-refractivity contribution >= 4 is 11.8 Å². The van der Waals surface area contributed by atoms with Crippen molar-refractivity contribution in [2.24, 2.45) is 23.5 Å². The summed E-state index contributed by atoms with van der Waals surface area (Å²) >= 11 is 0. The van der Waals surface area contributed by atoms with E-state index in [1.165, 1.54) is 25.7 Å². The number of unbranched alkanes of at least 4 members (excludes halogenated alkanes) is 1. The zero-order valence-electron chi connectivity index (χ0n) is 11.2. The first-order valence-electron chi connectivity index (χ1n) is 7.20. The van der Waals surface area contributed by atoms with Crippen molar-refractivity contribution in [2.75, 3.05) is 0 Å². The molecule has 1 saturated heterocycles. The van der Waals surface area contributed by atoms with Crippen LogP contribution in [0.5, 0.6) is 0 Å². The van der Waals surface area contributed by atoms with Crippen molar-refractivity contribution in [3.05, 3.63) is 0 Å². The Kier molecular flexibility index (Phi) is 4.25. The molecule has 1 aliphatic heterocycles. The van der Waals surface area contributed by atoms with Gasteiger partial charge in [-0.1, -0.05) is 26.2 Å². The lowest BCUT2D eigenvalue weighted by Crippen LogP contribution is -2.34. The fraction of sp³-hybridized carbons (Fsp3) is 0.857. The van der Waals surface area contributed by atoms with Gasteiger partial charge in [-0.05, 0) is 31.1 Å². The van der Waals surface area contributed by atoms with Gasteiger partial charge in [-0.15, -0.1) is 0 Å². The van der Waals surface area contributed by atoms with Crippen LogP contribution in [0.25, 0.3) is 0 Å². The molecule has 4 atom stereocenters. The van der Waals surface area contributed by atoms with Crippen molar-refractivity contribution in [3.8, 4) is 0 Å². The number of fused-ring (bicyclic) bond motifs is 1. The first-order valence-corrected chi connectivity index (χ1v) is 7.20. The molecule has 0 spiro atoms. The normalized spacial score (nSPS) is 35.1. The molecule has 0 radical (unpaired) electrons. The van der Waals surface area contributed by atoms with Gasteiger partial charge in [-0.25, -0.2) is 0 Å². The third-order valence-electron chi connectivity index (χ3n) is 4.58. The number of primary amides is 1. The molecule has 4 nitrogen and oxygen atoms in total. The first kappa shape index (κ1) is 13.4. The summed E-state index contributed by atoms with van der Waals surface area (Å²) in [7, 11) is 0. The topological polar surface area (TPSA) is 72.2 Å². The van der Waals surface area contributed by atoms with Crippen LogP contribution in [0.3, 0.4) is 0 Å². The third-order valence-corrected chi connectivity index (χ3v) is 4.58. The van der Waals surface area contributed by atoms with Gasteiger partial charge < -0.3 is 11.1 Å². The number of amides is 2. The van der Waals surface area contributed by atoms with Crippen LogP contribution in [0, 0.1) is 17.8 Å². The fourth-order valence-corrected chi connectivity index (χ4v) is 3.62. The SMILES string of the molecule is CCCCC1CCC2NC(=O)C(CC(N)=O)C2C1. The molecule has 2 amide bonds. The summed E-state index contributed by atoms with van der Waals surface area (Å²) in [6.45, 7) is 2.21. The summed E-state index contributed by atoms with van der Waals surface area (Å²) in [5.74, 6) is 0.582. The Labute approximate surface area is 109 Å². The molecule has 0 aromatic heterocycles. The van der Waals surface area contributed by atoms with Crippen LogP contribution in [0.15, 0.2) is 0 Å². The zero-order valence-corrected chi connectivity index (χ0v) is 11.2. The van der Waals surface area contributed by atoms with E-state index in [2.05, 4.69) is 12.2 Å². The Morgan fingerprint density at radius 3 is 2.89 bits per heavy atom. The second-order valence-corrected chi connectivity index (χ2v) is 5.88. The minimum absolute atomic E-state index is 0.0416. The molecule has 1 saturated carbocycles. The van der Waals surface area contributed by atoms with E-state index in [4.69, 9.17) is 5.73 Å². The summed E-state index contributed by atoms with van der Waals surface area (Å²) in [5.41, 5.74) is 5.25. The van der Waals surface area contributed by atoms with E-state index in [1.807, 2.05) is 0 Å². The molecule has 0 aromatic rings. The van der Waals surface area contributed by atoms with Crippen LogP contribution in [0.1, 0.15) is 51.9 Å². The molecule has 102 valence electrons. The first-order chi connectivity index (χ1) is 8.61. The predicted octanol–water partition coefficient (Wildman–Crippen LogP) is 1.58. The summed E-state index contributed by atoms with van der Waals surface area (Å²) in [6.07, 6.45) is 7.34. The number of rotatable bonds is 5. The van der Waals surface area contributed by atoms with Gasteiger partial charge >= 0.3 is 0 Å². The maximum atomic E-state index is 11.9. The van der Waals surface area contributed by atoms with Gasteiger partial charge in [-0.3, -0.25) is 9.59 Å². The number of hydrogen-bond acceptors (Lipinski definition) is 2. The molecule has 18 heavy (non-hydrogen) atoms. The number of hydrogen-bond donors (Lipinski definition) is 2. The Balaban J connectivity index is 1.97. The highest BCUT2D eigenvalue weighted by molar-refractivity contribution is 5.87. The van der Waals surface area contributed by atoms with Crippen molar-refractivity contribution in [2.45, 2.75) is 57.9 Å². The van der Waals surface area contributed by atoms with E-state index < -0.39 is 0 Å². The van der Waals surface area contributed by atoms with Gasteiger partial charge in [0.25, 0.3) is 0 Å². The average molecular weight is 252 g/mol. The van der Waals surface area contributed by atoms with Crippen LogP contribution in [-0.2, 0) is 9.59 Å². The molecule has 4 heteroatoms. The number of nitrogens with two attached hydrogens (primary N) is 1. The third kappa shape index (κ3) is 2.85. The number of carbonyl (C=O) groups is 2. The second kappa shape index (κ2) is 5.72. The molecule has 4 unspecified atom stereocenters. The van der Waals surface area contributed by atoms with Gasteiger partial charge in [-0.2, -0.15) is 0 Å². The van der Waals surface area contributed by atoms with Crippen LogP contribution < -0.4 is 11.1 Å². The fourth-order valence-electron chi connectivity index (χ4n) is 3.62. The van der Waals surface area contributed by atoms with Crippen molar-refractivity contribution in [3.63, 3.8) is 0 Å². The Morgan fingerprint density at radius 2 is 2.22 bits per heavy atom. The van der Waals surface area contributed by atoms with Crippen LogP contribution in [-0.4, -0.2) is 17.9 Å². The Hall–Kier alpha value is -1.06. The summed E-state index contributed by atoms with van der Waals surface area (Å²) < 4.78 is 0. The van der Waals surface area contributed by atoms with E-state index in [1.54, 1.807) is 0 Å². The van der Waals surface area contributed by atoms with Gasteiger partial charge in [0.2, 0.25) is 11.8 Å². The van der Waals surface area contributed by atoms with Crippen LogP contribution in [0.4, 0.5) is 0 Å². The molecule has 3 N–H and O–H groups in total. The zero-order chi connectivity index (χ0) is 13.1. The van der Waals surface area contributed by atoms with E-state index in [-0.39, 0.29) is 24.2 Å². The van der Waals surface area contributed by atoms with E-state index in [0.29, 0.717) is 12.0 Å². The molecule has 0 aromatic carbocycles. The minimum Gasteiger partial charge on any atom is -0.370 e. The Bertz CT molecular complexity index is 330. The second-order valence-electron chi connectivity index (χ2n) is 5.88. The molecule has 1 aliphatic carbocycles. The monoisotopic (exact) mass is 252 g/mol. The van der Waals surface area contributed by atoms with Crippen LogP contribution >= 0.6 is 0 Å². The maximum Gasteiger partial charge on any atom is 0.224 e. The molecule has 2 rings (SSSR count). The molecule has 2 fully saturated rings. The highest BCUT2D eigenvalue weighted by Gasteiger charge is 2.45. The van der Waals surface area contributed by atoms with Gasteiger partial charge in [0.05, 0.1) is 5.92 Å². The molecular formula is C14H24N2O2. The van der Waals surface area contributed by atoms with E-state index in [9.17, 15) is 9.59 Å². The quantitative estimate of drug-likeness (QED) is 0.779. The highest BCUT2D eigenvalue weighted by atomic mass is 16.2. The van der Waals surface area contributed by atoms with Gasteiger partial charge in [0.15, 0.2) is 0 Å². The van der Waals surface area contributed by atoms with E-state index in [0.717, 1.165) is 18.8 Å². The van der Waals surface area contributed by atoms with Gasteiger partial charge in [0, 0.05) is 12.5 Å². The van der Waals surface area contributed by atoms with Crippen molar-refractivity contribution in [1.29, 1.82) is 0 Å². The predicted molar refractivity (Wildman–Crippen MR) is 69.6 cm³/mol. The molecular weight excluding hydrogens is 228 g/mol. The molecule has 0 bridgehead atoms. The molecule has 2 aliphatic rings. The van der Waals surface area contributed by atoms with Crippen molar-refractivity contribution < 1.29 is 9.59 Å². The lowest BCUT2D eigenvalue weighted by atomic mass is 9.72. The largest absolute Gasteiger partial charge is 0.370 e. The summed E-state index contributed by atoms with van der Waals surface area (Å²) in [6, 6.07) is 0.291. The maximum absolute atomic E-state index is 11.9. The number of nitrogens with one attached hydrogen (secondary N) is 1. The summed E-state index contributed by atoms with van der Waals surface area (Å²) in [4.78, 5) is 22.9. The summed E-state index contributed by atoms with van der Waals surface area (Å²) in [5, 5.41) is 3.04. The lowest BCUT2D eigenvalue weighted by Gasteiger charge is -2.33. The Morgan fingerprint density at radius 1 is 1.44 bits per heavy atom. The minimum atomic E-state index is -0.355. The van der Waals surface area contributed by atoms with Gasteiger partial charge in [0.1, 0.15) is 0 Å². The number of carbonyl (C=O) groups excluding carboxylic acids is 2. The van der Waals surface area contributed by atoms with Crippen LogP contribution in [0.2, 0.25) is 0 Å². The average Bonchev–Trinajstić information content (AvgIpc) is 2.63. The highest BCUT2D eigenvalue weighted by Crippen LogP contribution is 2.41. The smallest absolute Gasteiger partial charge is 0.224 e. The molecule has 1 heterocycles. The van der Waals surface area contributed by atoms with Crippen molar-refractivity contribution in [1.82, 2.24) is 5.32 Å². The standard InChI is InChI=1S/C14H24N2O2/c1-2-3-4-9-5-6-12-10(7-9)11(8-13(15)17)14(18)16-12/h9-12H,2-8H2,1H3,(H2,15,17)(H,16,18). The lowest BCUT2D eigenvalue weighted by molar-refractivity contribution is -0.127. The van der Waals surface area contributed by atoms with E-state index >= 15 is 0 Å².